The Labute approximate surface area is 130 Å². The molecule has 0 aliphatic heterocycles. The van der Waals surface area contributed by atoms with E-state index in [0.717, 1.165) is 18.5 Å². The third-order valence-corrected chi connectivity index (χ3v) is 2.74. The first-order chi connectivity index (χ1) is 10.1. The van der Waals surface area contributed by atoms with E-state index in [2.05, 4.69) is 17.2 Å². The van der Waals surface area contributed by atoms with Crippen molar-refractivity contribution in [2.75, 3.05) is 6.54 Å². The molecule has 0 aromatic heterocycles. The zero-order valence-electron chi connectivity index (χ0n) is 14.8. The summed E-state index contributed by atoms with van der Waals surface area (Å²) in [5.41, 5.74) is 2.77. The van der Waals surface area contributed by atoms with Gasteiger partial charge in [0.25, 0.3) is 5.91 Å². The van der Waals surface area contributed by atoms with Gasteiger partial charge >= 0.3 is 0 Å². The van der Waals surface area contributed by atoms with Gasteiger partial charge in [-0.05, 0) is 33.6 Å². The molecule has 0 aliphatic rings. The molecule has 1 N–H and O–H groups in total. The van der Waals surface area contributed by atoms with Crippen molar-refractivity contribution in [1.29, 1.82) is 0 Å². The Morgan fingerprint density at radius 1 is 1.14 bits per heavy atom. The molecule has 0 aliphatic carbocycles. The van der Waals surface area contributed by atoms with Crippen molar-refractivity contribution >= 4 is 12.1 Å². The highest BCUT2D eigenvalue weighted by Crippen LogP contribution is 2.06. The van der Waals surface area contributed by atoms with Crippen molar-refractivity contribution in [1.82, 2.24) is 5.32 Å². The molecular weight excluding hydrogens is 260 g/mol. The smallest absolute Gasteiger partial charge is 0.251 e. The number of hydrogen-bond donors (Lipinski definition) is 1. The van der Waals surface area contributed by atoms with Crippen molar-refractivity contribution in [2.24, 2.45) is 4.99 Å². The van der Waals surface area contributed by atoms with Gasteiger partial charge in [0.15, 0.2) is 0 Å². The summed E-state index contributed by atoms with van der Waals surface area (Å²) in [7, 11) is 0. The minimum absolute atomic E-state index is 0.0543. The number of hydrogen-bond acceptors (Lipinski definition) is 2. The predicted molar refractivity (Wildman–Crippen MR) is 94.7 cm³/mol. The summed E-state index contributed by atoms with van der Waals surface area (Å²) in [4.78, 5) is 16.3. The molecule has 1 amide bonds. The lowest BCUT2D eigenvalue weighted by Crippen LogP contribution is -2.26. The molecular formula is C18H32N2O. The Hall–Kier alpha value is -1.64. The van der Waals surface area contributed by atoms with Gasteiger partial charge in [0.2, 0.25) is 0 Å². The molecule has 0 saturated carbocycles. The van der Waals surface area contributed by atoms with E-state index in [1.807, 2.05) is 66.0 Å². The molecule has 0 spiro atoms. The van der Waals surface area contributed by atoms with Crippen LogP contribution in [-0.4, -0.2) is 18.7 Å². The number of nitrogens with one attached hydrogen (secondary N) is 1. The topological polar surface area (TPSA) is 41.5 Å². The van der Waals surface area contributed by atoms with Crippen LogP contribution < -0.4 is 5.32 Å². The minimum Gasteiger partial charge on any atom is -0.346 e. The van der Waals surface area contributed by atoms with Crippen LogP contribution in [0.15, 0.2) is 40.1 Å². The molecule has 0 bridgehead atoms. The van der Waals surface area contributed by atoms with E-state index in [4.69, 9.17) is 0 Å². The number of allylic oxidation sites excluding steroid dienone is 3. The first kappa shape index (κ1) is 21.7. The van der Waals surface area contributed by atoms with E-state index in [-0.39, 0.29) is 5.91 Å². The fourth-order valence-electron chi connectivity index (χ4n) is 1.35. The SMILES string of the molecule is C/C=C(/CNC(=O)C(/C=C(\C)CC)=C/C)N=CCC.CC. The van der Waals surface area contributed by atoms with Gasteiger partial charge in [-0.1, -0.05) is 51.5 Å². The van der Waals surface area contributed by atoms with E-state index in [0.29, 0.717) is 12.1 Å². The molecule has 0 fully saturated rings. The van der Waals surface area contributed by atoms with Gasteiger partial charge in [-0.15, -0.1) is 0 Å². The van der Waals surface area contributed by atoms with E-state index in [1.54, 1.807) is 0 Å². The third-order valence-electron chi connectivity index (χ3n) is 2.74. The zero-order chi connectivity index (χ0) is 16.7. The highest BCUT2D eigenvalue weighted by molar-refractivity contribution is 5.96. The Morgan fingerprint density at radius 2 is 1.76 bits per heavy atom. The van der Waals surface area contributed by atoms with Gasteiger partial charge in [-0.25, -0.2) is 0 Å². The van der Waals surface area contributed by atoms with Gasteiger partial charge in [-0.2, -0.15) is 0 Å². The van der Waals surface area contributed by atoms with Crippen LogP contribution in [0.2, 0.25) is 0 Å². The van der Waals surface area contributed by atoms with E-state index in [9.17, 15) is 4.79 Å². The van der Waals surface area contributed by atoms with Crippen LogP contribution >= 0.6 is 0 Å². The summed E-state index contributed by atoms with van der Waals surface area (Å²) in [5.74, 6) is -0.0543. The highest BCUT2D eigenvalue weighted by Gasteiger charge is 2.06. The average molecular weight is 292 g/mol. The molecule has 120 valence electrons. The van der Waals surface area contributed by atoms with Gasteiger partial charge in [0, 0.05) is 11.8 Å². The van der Waals surface area contributed by atoms with Crippen LogP contribution in [-0.2, 0) is 4.79 Å². The molecule has 0 aromatic rings. The van der Waals surface area contributed by atoms with E-state index >= 15 is 0 Å². The fraction of sp³-hybridized carbons (Fsp3) is 0.556. The predicted octanol–water partition coefficient (Wildman–Crippen LogP) is 4.82. The lowest BCUT2D eigenvalue weighted by molar-refractivity contribution is -0.117. The second-order valence-electron chi connectivity index (χ2n) is 4.27. The number of rotatable bonds is 7. The molecule has 3 nitrogen and oxygen atoms in total. The van der Waals surface area contributed by atoms with Crippen molar-refractivity contribution in [3.63, 3.8) is 0 Å². The lowest BCUT2D eigenvalue weighted by atomic mass is 10.1. The molecule has 0 radical (unpaired) electrons. The summed E-state index contributed by atoms with van der Waals surface area (Å²) in [6.07, 6.45) is 9.36. The van der Waals surface area contributed by atoms with Gasteiger partial charge < -0.3 is 5.32 Å². The standard InChI is InChI=1S/C16H26N2O.C2H6/c1-6-10-17-15(9-4)12-18-16(19)14(8-3)11-13(5)7-2;1-2/h8-11H,6-7,12H2,1-5H3,(H,18,19);1-2H3/b13-11+,14-8+,15-9-,17-10?;. The molecule has 0 saturated heterocycles. The highest BCUT2D eigenvalue weighted by atomic mass is 16.1. The van der Waals surface area contributed by atoms with Crippen LogP contribution in [0.4, 0.5) is 0 Å². The fourth-order valence-corrected chi connectivity index (χ4v) is 1.35. The quantitative estimate of drug-likeness (QED) is 0.408. The number of aliphatic imine (C=N–C) groups is 1. The maximum absolute atomic E-state index is 12.0. The maximum Gasteiger partial charge on any atom is 0.251 e. The monoisotopic (exact) mass is 292 g/mol. The first-order valence-corrected chi connectivity index (χ1v) is 7.88. The van der Waals surface area contributed by atoms with Gasteiger partial charge in [0.1, 0.15) is 0 Å². The largest absolute Gasteiger partial charge is 0.346 e. The average Bonchev–Trinajstić information content (AvgIpc) is 2.54. The molecule has 0 aromatic carbocycles. The Balaban J connectivity index is 0. The summed E-state index contributed by atoms with van der Waals surface area (Å²) < 4.78 is 0. The van der Waals surface area contributed by atoms with Crippen LogP contribution in [0.3, 0.4) is 0 Å². The van der Waals surface area contributed by atoms with Crippen molar-refractivity contribution < 1.29 is 4.79 Å². The van der Waals surface area contributed by atoms with Gasteiger partial charge in [0.05, 0.1) is 12.2 Å². The van der Waals surface area contributed by atoms with E-state index in [1.165, 1.54) is 5.57 Å². The molecule has 0 atom stereocenters. The second-order valence-corrected chi connectivity index (χ2v) is 4.27. The van der Waals surface area contributed by atoms with Crippen LogP contribution in [0.5, 0.6) is 0 Å². The molecule has 0 unspecified atom stereocenters. The summed E-state index contributed by atoms with van der Waals surface area (Å²) in [5, 5.41) is 2.89. The van der Waals surface area contributed by atoms with Crippen molar-refractivity contribution in [2.45, 2.75) is 61.3 Å². The Morgan fingerprint density at radius 3 is 2.19 bits per heavy atom. The Kier molecular flexibility index (Phi) is 15.2. The number of nitrogens with zero attached hydrogens (tertiary/aromatic N) is 1. The zero-order valence-corrected chi connectivity index (χ0v) is 14.8. The molecule has 21 heavy (non-hydrogen) atoms. The number of carbonyl (C=O) groups is 1. The minimum atomic E-state index is -0.0543. The summed E-state index contributed by atoms with van der Waals surface area (Å²) in [6, 6.07) is 0. The molecule has 3 heteroatoms. The molecule has 0 rings (SSSR count). The molecule has 0 heterocycles. The maximum atomic E-state index is 12.0. The first-order valence-electron chi connectivity index (χ1n) is 7.88. The van der Waals surface area contributed by atoms with Crippen molar-refractivity contribution in [3.8, 4) is 0 Å². The van der Waals surface area contributed by atoms with Gasteiger partial charge in [-0.3, -0.25) is 9.79 Å². The second kappa shape index (κ2) is 14.8. The summed E-state index contributed by atoms with van der Waals surface area (Å²) >= 11 is 0. The van der Waals surface area contributed by atoms with Crippen LogP contribution in [0.1, 0.15) is 61.3 Å². The van der Waals surface area contributed by atoms with E-state index < -0.39 is 0 Å². The number of carbonyl (C=O) groups excluding carboxylic acids is 1. The van der Waals surface area contributed by atoms with Crippen LogP contribution in [0.25, 0.3) is 0 Å². The van der Waals surface area contributed by atoms with Crippen molar-refractivity contribution in [3.05, 3.63) is 35.1 Å². The lowest BCUT2D eigenvalue weighted by Gasteiger charge is -2.07. The third kappa shape index (κ3) is 10.8. The van der Waals surface area contributed by atoms with Crippen LogP contribution in [0, 0.1) is 0 Å². The normalized spacial score (nSPS) is 13.0. The Bertz CT molecular complexity index is 401. The number of amides is 1. The summed E-state index contributed by atoms with van der Waals surface area (Å²) in [6.45, 7) is 14.4.